The molecular weight excluding hydrogens is 284 g/mol. The van der Waals surface area contributed by atoms with Crippen LogP contribution in [0.1, 0.15) is 11.7 Å². The summed E-state index contributed by atoms with van der Waals surface area (Å²) in [6.07, 6.45) is -0.254. The van der Waals surface area contributed by atoms with Crippen molar-refractivity contribution in [2.75, 3.05) is 11.9 Å². The van der Waals surface area contributed by atoms with E-state index in [2.05, 4.69) is 20.7 Å². The van der Waals surface area contributed by atoms with E-state index in [9.17, 15) is 18.7 Å². The van der Waals surface area contributed by atoms with Crippen molar-refractivity contribution < 1.29 is 18.7 Å². The third kappa shape index (κ3) is 3.51. The molecule has 0 saturated heterocycles. The van der Waals surface area contributed by atoms with Crippen LogP contribution in [0.3, 0.4) is 0 Å². The van der Waals surface area contributed by atoms with E-state index < -0.39 is 29.3 Å². The molecule has 1 atom stereocenters. The van der Waals surface area contributed by atoms with Gasteiger partial charge in [-0.1, -0.05) is 6.07 Å². The minimum absolute atomic E-state index is 0.194. The monoisotopic (exact) mass is 297 g/mol. The highest BCUT2D eigenvalue weighted by Crippen LogP contribution is 2.19. The number of aryl methyl sites for hydroxylation is 1. The molecule has 21 heavy (non-hydrogen) atoms. The van der Waals surface area contributed by atoms with Gasteiger partial charge in [0.15, 0.2) is 0 Å². The Labute approximate surface area is 118 Å². The Hall–Kier alpha value is -2.55. The Morgan fingerprint density at radius 1 is 1.43 bits per heavy atom. The van der Waals surface area contributed by atoms with Crippen LogP contribution in [0, 0.1) is 11.6 Å². The second kappa shape index (κ2) is 6.27. The van der Waals surface area contributed by atoms with Gasteiger partial charge in [0.05, 0.1) is 5.56 Å². The topological polar surface area (TPSA) is 92.1 Å². The van der Waals surface area contributed by atoms with Crippen molar-refractivity contribution in [3.63, 3.8) is 0 Å². The van der Waals surface area contributed by atoms with E-state index in [1.54, 1.807) is 7.05 Å². The Bertz CT molecular complexity index is 626. The van der Waals surface area contributed by atoms with Crippen LogP contribution in [0.5, 0.6) is 0 Å². The summed E-state index contributed by atoms with van der Waals surface area (Å²) in [7, 11) is 1.58. The number of carbonyl (C=O) groups excluding carboxylic acids is 1. The number of urea groups is 1. The van der Waals surface area contributed by atoms with Crippen molar-refractivity contribution in [3.05, 3.63) is 41.7 Å². The Kier molecular flexibility index (Phi) is 4.43. The van der Waals surface area contributed by atoms with Gasteiger partial charge >= 0.3 is 6.03 Å². The Morgan fingerprint density at radius 3 is 2.67 bits per heavy atom. The van der Waals surface area contributed by atoms with E-state index in [0.717, 1.165) is 12.1 Å². The fourth-order valence-corrected chi connectivity index (χ4v) is 1.68. The van der Waals surface area contributed by atoms with Crippen LogP contribution < -0.4 is 10.6 Å². The molecule has 1 heterocycles. The first kappa shape index (κ1) is 14.9. The van der Waals surface area contributed by atoms with E-state index >= 15 is 0 Å². The molecule has 2 rings (SSSR count). The molecule has 0 radical (unpaired) electrons. The molecule has 0 bridgehead atoms. The molecule has 0 aliphatic carbocycles. The summed E-state index contributed by atoms with van der Waals surface area (Å²) < 4.78 is 28.2. The van der Waals surface area contributed by atoms with Crippen LogP contribution >= 0.6 is 0 Å². The number of rotatable bonds is 4. The second-order valence-corrected chi connectivity index (χ2v) is 4.19. The van der Waals surface area contributed by atoms with E-state index in [1.807, 2.05) is 0 Å². The predicted molar refractivity (Wildman–Crippen MR) is 69.3 cm³/mol. The van der Waals surface area contributed by atoms with Gasteiger partial charge in [-0.2, -0.15) is 10.1 Å². The SMILES string of the molecule is Cn1ncnc1NC(=O)NCC(O)c1c(F)cccc1F. The van der Waals surface area contributed by atoms with Crippen LogP contribution in [-0.4, -0.2) is 32.4 Å². The molecule has 112 valence electrons. The lowest BCUT2D eigenvalue weighted by molar-refractivity contribution is 0.166. The molecule has 2 amide bonds. The van der Waals surface area contributed by atoms with Gasteiger partial charge in [-0.25, -0.2) is 18.3 Å². The first-order valence-corrected chi connectivity index (χ1v) is 6.00. The number of hydrogen-bond acceptors (Lipinski definition) is 4. The van der Waals surface area contributed by atoms with Crippen LogP contribution in [0.4, 0.5) is 19.5 Å². The summed E-state index contributed by atoms with van der Waals surface area (Å²) in [5, 5.41) is 18.2. The molecule has 0 saturated carbocycles. The fraction of sp³-hybridized carbons (Fsp3) is 0.250. The Morgan fingerprint density at radius 2 is 2.10 bits per heavy atom. The lowest BCUT2D eigenvalue weighted by Crippen LogP contribution is -2.33. The third-order valence-corrected chi connectivity index (χ3v) is 2.73. The molecule has 7 nitrogen and oxygen atoms in total. The minimum Gasteiger partial charge on any atom is -0.386 e. The highest BCUT2D eigenvalue weighted by atomic mass is 19.1. The maximum Gasteiger partial charge on any atom is 0.321 e. The van der Waals surface area contributed by atoms with Crippen molar-refractivity contribution in [1.29, 1.82) is 0 Å². The average Bonchev–Trinajstić information content (AvgIpc) is 2.82. The fourth-order valence-electron chi connectivity index (χ4n) is 1.68. The van der Waals surface area contributed by atoms with Gasteiger partial charge in [-0.15, -0.1) is 0 Å². The molecule has 9 heteroatoms. The number of anilines is 1. The van der Waals surface area contributed by atoms with Gasteiger partial charge < -0.3 is 10.4 Å². The number of aromatic nitrogens is 3. The molecule has 1 unspecified atom stereocenters. The number of carbonyl (C=O) groups is 1. The van der Waals surface area contributed by atoms with Crippen LogP contribution in [-0.2, 0) is 7.05 Å². The average molecular weight is 297 g/mol. The predicted octanol–water partition coefficient (Wildman–Crippen LogP) is 0.948. The van der Waals surface area contributed by atoms with Crippen molar-refractivity contribution in [1.82, 2.24) is 20.1 Å². The molecule has 3 N–H and O–H groups in total. The van der Waals surface area contributed by atoms with E-state index in [0.29, 0.717) is 0 Å². The van der Waals surface area contributed by atoms with Gasteiger partial charge in [0, 0.05) is 13.6 Å². The van der Waals surface area contributed by atoms with Crippen LogP contribution in [0.25, 0.3) is 0 Å². The molecule has 0 spiro atoms. The number of halogens is 2. The lowest BCUT2D eigenvalue weighted by Gasteiger charge is -2.14. The zero-order valence-corrected chi connectivity index (χ0v) is 11.0. The summed E-state index contributed by atoms with van der Waals surface area (Å²) in [4.78, 5) is 15.3. The summed E-state index contributed by atoms with van der Waals surface area (Å²) in [6, 6.07) is 2.57. The number of aliphatic hydroxyl groups excluding tert-OH is 1. The van der Waals surface area contributed by atoms with Crippen molar-refractivity contribution in [2.45, 2.75) is 6.10 Å². The molecule has 1 aromatic carbocycles. The van der Waals surface area contributed by atoms with Gasteiger partial charge in [0.1, 0.15) is 24.1 Å². The van der Waals surface area contributed by atoms with Gasteiger partial charge in [-0.3, -0.25) is 5.32 Å². The molecule has 2 aromatic rings. The van der Waals surface area contributed by atoms with E-state index in [1.165, 1.54) is 17.1 Å². The quantitative estimate of drug-likeness (QED) is 0.783. The smallest absolute Gasteiger partial charge is 0.321 e. The van der Waals surface area contributed by atoms with Crippen molar-refractivity contribution in [2.24, 2.45) is 7.05 Å². The number of hydrogen-bond donors (Lipinski definition) is 3. The van der Waals surface area contributed by atoms with Crippen molar-refractivity contribution >= 4 is 12.0 Å². The summed E-state index contributed by atoms with van der Waals surface area (Å²) in [6.45, 7) is -0.360. The zero-order chi connectivity index (χ0) is 15.4. The standard InChI is InChI=1S/C12H13F2N5O2/c1-19-11(16-6-17-19)18-12(21)15-5-9(20)10-7(13)3-2-4-8(10)14/h2-4,6,9,20H,5H2,1H3,(H2,15,16,17,18,21). The lowest BCUT2D eigenvalue weighted by atomic mass is 10.1. The third-order valence-electron chi connectivity index (χ3n) is 2.73. The summed E-state index contributed by atoms with van der Waals surface area (Å²) >= 11 is 0. The maximum absolute atomic E-state index is 13.4. The highest BCUT2D eigenvalue weighted by molar-refractivity contribution is 5.87. The summed E-state index contributed by atoms with van der Waals surface area (Å²) in [5.74, 6) is -1.56. The van der Waals surface area contributed by atoms with Crippen LogP contribution in [0.2, 0.25) is 0 Å². The van der Waals surface area contributed by atoms with Gasteiger partial charge in [0.2, 0.25) is 5.95 Å². The highest BCUT2D eigenvalue weighted by Gasteiger charge is 2.18. The first-order chi connectivity index (χ1) is 9.99. The minimum atomic E-state index is -1.50. The Balaban J connectivity index is 1.93. The number of aliphatic hydroxyl groups is 1. The summed E-state index contributed by atoms with van der Waals surface area (Å²) in [5.41, 5.74) is -0.489. The molecule has 0 aliphatic rings. The normalized spacial score (nSPS) is 12.0. The number of benzene rings is 1. The first-order valence-electron chi connectivity index (χ1n) is 6.00. The maximum atomic E-state index is 13.4. The number of nitrogens with one attached hydrogen (secondary N) is 2. The molecule has 1 aromatic heterocycles. The zero-order valence-electron chi connectivity index (χ0n) is 11.0. The number of nitrogens with zero attached hydrogens (tertiary/aromatic N) is 3. The number of amides is 2. The van der Waals surface area contributed by atoms with E-state index in [-0.39, 0.29) is 12.5 Å². The van der Waals surface area contributed by atoms with Crippen molar-refractivity contribution in [3.8, 4) is 0 Å². The molecular formula is C12H13F2N5O2. The second-order valence-electron chi connectivity index (χ2n) is 4.19. The van der Waals surface area contributed by atoms with E-state index in [4.69, 9.17) is 0 Å². The van der Waals surface area contributed by atoms with Gasteiger partial charge in [0.25, 0.3) is 0 Å². The molecule has 0 fully saturated rings. The molecule has 0 aliphatic heterocycles. The van der Waals surface area contributed by atoms with Crippen LogP contribution in [0.15, 0.2) is 24.5 Å². The van der Waals surface area contributed by atoms with Gasteiger partial charge in [-0.05, 0) is 12.1 Å². The largest absolute Gasteiger partial charge is 0.386 e.